The van der Waals surface area contributed by atoms with Crippen LogP contribution in [0.15, 0.2) is 24.3 Å². The van der Waals surface area contributed by atoms with Crippen LogP contribution in [0.1, 0.15) is 50.5 Å². The van der Waals surface area contributed by atoms with Crippen molar-refractivity contribution in [1.82, 2.24) is 10.6 Å². The van der Waals surface area contributed by atoms with Crippen LogP contribution in [0.25, 0.3) is 0 Å². The number of carbonyl (C=O) groups is 2. The molecule has 0 saturated heterocycles. The van der Waals surface area contributed by atoms with E-state index in [2.05, 4.69) is 10.6 Å². The second kappa shape index (κ2) is 6.92. The van der Waals surface area contributed by atoms with Gasteiger partial charge in [-0.1, -0.05) is 32.9 Å². The van der Waals surface area contributed by atoms with E-state index in [9.17, 15) is 9.59 Å². The molecule has 0 atom stereocenters. The van der Waals surface area contributed by atoms with E-state index in [1.165, 1.54) is 0 Å². The lowest BCUT2D eigenvalue weighted by Crippen LogP contribution is -2.46. The molecule has 22 heavy (non-hydrogen) atoms. The predicted molar refractivity (Wildman–Crippen MR) is 86.4 cm³/mol. The molecule has 0 radical (unpaired) electrons. The van der Waals surface area contributed by atoms with Gasteiger partial charge in [-0.05, 0) is 31.5 Å². The van der Waals surface area contributed by atoms with E-state index in [-0.39, 0.29) is 18.4 Å². The number of nitrogens with one attached hydrogen (secondary N) is 2. The van der Waals surface area contributed by atoms with Crippen LogP contribution >= 0.6 is 0 Å². The van der Waals surface area contributed by atoms with E-state index in [0.717, 1.165) is 5.56 Å². The van der Waals surface area contributed by atoms with E-state index in [1.807, 2.05) is 32.9 Å². The Kier molecular flexibility index (Phi) is 5.72. The number of rotatable bonds is 5. The summed E-state index contributed by atoms with van der Waals surface area (Å²) in [6, 6.07) is 7.04. The number of benzene rings is 1. The van der Waals surface area contributed by atoms with Crippen molar-refractivity contribution in [2.75, 3.05) is 6.61 Å². The van der Waals surface area contributed by atoms with Gasteiger partial charge in [0.1, 0.15) is 0 Å². The van der Waals surface area contributed by atoms with Gasteiger partial charge in [0.2, 0.25) is 5.91 Å². The molecule has 0 aliphatic rings. The Balaban J connectivity index is 2.64. The summed E-state index contributed by atoms with van der Waals surface area (Å²) in [7, 11) is 0. The molecule has 1 aromatic rings. The summed E-state index contributed by atoms with van der Waals surface area (Å²) in [6.45, 7) is 9.38. The van der Waals surface area contributed by atoms with Gasteiger partial charge in [0, 0.05) is 17.5 Å². The number of aliphatic hydroxyl groups is 1. The van der Waals surface area contributed by atoms with Crippen LogP contribution in [0.4, 0.5) is 0 Å². The number of amides is 2. The maximum Gasteiger partial charge on any atom is 0.251 e. The Morgan fingerprint density at radius 2 is 1.59 bits per heavy atom. The highest BCUT2D eigenvalue weighted by molar-refractivity contribution is 5.94. The van der Waals surface area contributed by atoms with Gasteiger partial charge in [0.15, 0.2) is 0 Å². The molecule has 0 aromatic heterocycles. The number of carbonyl (C=O) groups excluding carboxylic acids is 2. The first-order chi connectivity index (χ1) is 10.0. The summed E-state index contributed by atoms with van der Waals surface area (Å²) in [4.78, 5) is 23.8. The molecule has 0 fully saturated rings. The van der Waals surface area contributed by atoms with Crippen LogP contribution in [0.5, 0.6) is 0 Å². The fraction of sp³-hybridized carbons (Fsp3) is 0.529. The van der Waals surface area contributed by atoms with E-state index in [0.29, 0.717) is 12.1 Å². The zero-order valence-electron chi connectivity index (χ0n) is 14.0. The van der Waals surface area contributed by atoms with Gasteiger partial charge >= 0.3 is 0 Å². The molecule has 3 N–H and O–H groups in total. The number of aliphatic hydroxyl groups excluding tert-OH is 1. The van der Waals surface area contributed by atoms with Crippen LogP contribution in [0, 0.1) is 5.41 Å². The number of hydrogen-bond donors (Lipinski definition) is 3. The van der Waals surface area contributed by atoms with Crippen LogP contribution in [0.2, 0.25) is 0 Å². The van der Waals surface area contributed by atoms with Crippen molar-refractivity contribution in [3.63, 3.8) is 0 Å². The first-order valence-corrected chi connectivity index (χ1v) is 7.36. The van der Waals surface area contributed by atoms with Gasteiger partial charge in [0.05, 0.1) is 12.1 Å². The third kappa shape index (κ3) is 5.48. The zero-order valence-corrected chi connectivity index (χ0v) is 14.0. The third-order valence-electron chi connectivity index (χ3n) is 3.20. The molecule has 122 valence electrons. The average molecular weight is 306 g/mol. The van der Waals surface area contributed by atoms with Crippen molar-refractivity contribution in [3.8, 4) is 0 Å². The molecule has 0 spiro atoms. The highest BCUT2D eigenvalue weighted by Gasteiger charge is 2.21. The van der Waals surface area contributed by atoms with Crippen molar-refractivity contribution in [2.45, 2.75) is 46.7 Å². The van der Waals surface area contributed by atoms with Crippen LogP contribution < -0.4 is 10.6 Å². The maximum atomic E-state index is 12.0. The lowest BCUT2D eigenvalue weighted by molar-refractivity contribution is -0.128. The summed E-state index contributed by atoms with van der Waals surface area (Å²) in [6.07, 6.45) is 0. The summed E-state index contributed by atoms with van der Waals surface area (Å²) >= 11 is 0. The smallest absolute Gasteiger partial charge is 0.251 e. The largest absolute Gasteiger partial charge is 0.394 e. The van der Waals surface area contributed by atoms with Gasteiger partial charge < -0.3 is 15.7 Å². The monoisotopic (exact) mass is 306 g/mol. The number of hydrogen-bond acceptors (Lipinski definition) is 3. The topological polar surface area (TPSA) is 78.4 Å². The molecule has 0 aliphatic carbocycles. The summed E-state index contributed by atoms with van der Waals surface area (Å²) in [5.74, 6) is -0.247. The first-order valence-electron chi connectivity index (χ1n) is 7.36. The zero-order chi connectivity index (χ0) is 17.0. The highest BCUT2D eigenvalue weighted by Crippen LogP contribution is 2.13. The van der Waals surface area contributed by atoms with Crippen molar-refractivity contribution >= 4 is 11.8 Å². The quantitative estimate of drug-likeness (QED) is 0.777. The minimum atomic E-state index is -0.656. The van der Waals surface area contributed by atoms with Crippen molar-refractivity contribution < 1.29 is 14.7 Å². The van der Waals surface area contributed by atoms with Gasteiger partial charge in [0.25, 0.3) is 5.91 Å². The van der Waals surface area contributed by atoms with Gasteiger partial charge in [-0.3, -0.25) is 9.59 Å². The summed E-state index contributed by atoms with van der Waals surface area (Å²) < 4.78 is 0. The molecule has 1 aromatic carbocycles. The maximum absolute atomic E-state index is 12.0. The Labute approximate surface area is 132 Å². The molecule has 0 heterocycles. The van der Waals surface area contributed by atoms with Crippen LogP contribution in [-0.4, -0.2) is 29.1 Å². The summed E-state index contributed by atoms with van der Waals surface area (Å²) in [5, 5.41) is 14.8. The lowest BCUT2D eigenvalue weighted by atomic mass is 9.95. The standard InChI is InChI=1S/C17H26N2O3/c1-16(2,3)15(22)18-10-12-6-8-13(9-7-12)14(21)19-17(4,5)11-20/h6-9,20H,10-11H2,1-5H3,(H,18,22)(H,19,21). The minimum absolute atomic E-state index is 0.0148. The highest BCUT2D eigenvalue weighted by atomic mass is 16.3. The Hall–Kier alpha value is -1.88. The molecule has 0 aliphatic heterocycles. The molecule has 5 nitrogen and oxygen atoms in total. The Bertz CT molecular complexity index is 528. The second-order valence-corrected chi connectivity index (χ2v) is 7.13. The first kappa shape index (κ1) is 18.2. The van der Waals surface area contributed by atoms with Crippen LogP contribution in [-0.2, 0) is 11.3 Å². The van der Waals surface area contributed by atoms with Gasteiger partial charge in [-0.15, -0.1) is 0 Å². The normalized spacial score (nSPS) is 11.9. The van der Waals surface area contributed by atoms with Crippen LogP contribution in [0.3, 0.4) is 0 Å². The fourth-order valence-electron chi connectivity index (χ4n) is 1.64. The molecule has 0 unspecified atom stereocenters. The molecule has 2 amide bonds. The van der Waals surface area contributed by atoms with E-state index in [1.54, 1.807) is 26.0 Å². The van der Waals surface area contributed by atoms with E-state index < -0.39 is 11.0 Å². The Morgan fingerprint density at radius 1 is 1.05 bits per heavy atom. The van der Waals surface area contributed by atoms with Gasteiger partial charge in [-0.25, -0.2) is 0 Å². The van der Waals surface area contributed by atoms with Gasteiger partial charge in [-0.2, -0.15) is 0 Å². The molecule has 1 rings (SSSR count). The predicted octanol–water partition coefficient (Wildman–Crippen LogP) is 1.85. The van der Waals surface area contributed by atoms with Crippen molar-refractivity contribution in [1.29, 1.82) is 0 Å². The second-order valence-electron chi connectivity index (χ2n) is 7.13. The molecule has 5 heteroatoms. The van der Waals surface area contributed by atoms with E-state index in [4.69, 9.17) is 5.11 Å². The Morgan fingerprint density at radius 3 is 2.05 bits per heavy atom. The average Bonchev–Trinajstić information content (AvgIpc) is 2.43. The lowest BCUT2D eigenvalue weighted by Gasteiger charge is -2.23. The molecule has 0 saturated carbocycles. The summed E-state index contributed by atoms with van der Waals surface area (Å²) in [5.41, 5.74) is 0.370. The molecular formula is C17H26N2O3. The SMILES string of the molecule is CC(C)(CO)NC(=O)c1ccc(CNC(=O)C(C)(C)C)cc1. The minimum Gasteiger partial charge on any atom is -0.394 e. The van der Waals surface area contributed by atoms with Crippen molar-refractivity contribution in [3.05, 3.63) is 35.4 Å². The van der Waals surface area contributed by atoms with E-state index >= 15 is 0 Å². The fourth-order valence-corrected chi connectivity index (χ4v) is 1.64. The molecular weight excluding hydrogens is 280 g/mol. The third-order valence-corrected chi connectivity index (χ3v) is 3.20. The van der Waals surface area contributed by atoms with Crippen molar-refractivity contribution in [2.24, 2.45) is 5.41 Å². The molecule has 0 bridgehead atoms.